The minimum Gasteiger partial charge on any atom is -0.398 e. The van der Waals surface area contributed by atoms with Crippen molar-refractivity contribution < 1.29 is 4.79 Å². The van der Waals surface area contributed by atoms with Gasteiger partial charge in [-0.2, -0.15) is 0 Å². The molecule has 2 N–H and O–H groups in total. The van der Waals surface area contributed by atoms with Gasteiger partial charge >= 0.3 is 0 Å². The minimum absolute atomic E-state index is 0.186. The van der Waals surface area contributed by atoms with Crippen LogP contribution in [0.3, 0.4) is 0 Å². The number of hydrogen-bond donors (Lipinski definition) is 1. The summed E-state index contributed by atoms with van der Waals surface area (Å²) in [5.41, 5.74) is 7.02. The normalized spacial score (nSPS) is 10.8. The predicted octanol–water partition coefficient (Wildman–Crippen LogP) is 2.09. The quantitative estimate of drug-likeness (QED) is 0.875. The highest BCUT2D eigenvalue weighted by molar-refractivity contribution is 6.00. The number of carbonyl (C=O) groups is 1. The van der Waals surface area contributed by atoms with E-state index >= 15 is 0 Å². The molecule has 2 aromatic rings. The highest BCUT2D eigenvalue weighted by atomic mass is 16.2. The molecule has 0 saturated carbocycles. The van der Waals surface area contributed by atoms with Crippen LogP contribution in [0.5, 0.6) is 0 Å². The summed E-state index contributed by atoms with van der Waals surface area (Å²) in [7, 11) is 0. The molecule has 1 amide bonds. The number of amides is 1. The van der Waals surface area contributed by atoms with Crippen molar-refractivity contribution in [1.82, 2.24) is 9.47 Å². The highest BCUT2D eigenvalue weighted by Gasteiger charge is 2.19. The van der Waals surface area contributed by atoms with Crippen LogP contribution in [0.1, 0.15) is 31.1 Å². The molecule has 0 atom stereocenters. The molecule has 1 heterocycles. The molecule has 0 radical (unpaired) electrons. The lowest BCUT2D eigenvalue weighted by Gasteiger charge is -2.20. The van der Waals surface area contributed by atoms with E-state index in [1.165, 1.54) is 0 Å². The zero-order chi connectivity index (χ0) is 15.6. The Hall–Kier alpha value is -2.30. The number of carbonyl (C=O) groups excluding carboxylic acids is 1. The molecule has 0 saturated heterocycles. The number of rotatable bonds is 4. The molecule has 0 aliphatic rings. The van der Waals surface area contributed by atoms with E-state index in [0.29, 0.717) is 30.7 Å². The van der Waals surface area contributed by atoms with Gasteiger partial charge in [-0.25, -0.2) is 0 Å². The molecule has 0 aliphatic carbocycles. The van der Waals surface area contributed by atoms with Gasteiger partial charge in [0.05, 0.1) is 10.9 Å². The number of pyridine rings is 1. The summed E-state index contributed by atoms with van der Waals surface area (Å²) < 4.78 is 1.89. The van der Waals surface area contributed by atoms with Crippen molar-refractivity contribution in [1.29, 1.82) is 0 Å². The Morgan fingerprint density at radius 2 is 1.90 bits per heavy atom. The van der Waals surface area contributed by atoms with Gasteiger partial charge in [-0.1, -0.05) is 6.07 Å². The number of aryl methyl sites for hydroxylation is 1. The lowest BCUT2D eigenvalue weighted by molar-refractivity contribution is 0.0771. The first-order valence-corrected chi connectivity index (χ1v) is 7.26. The van der Waals surface area contributed by atoms with Crippen molar-refractivity contribution >= 4 is 22.5 Å². The molecule has 112 valence electrons. The monoisotopic (exact) mass is 287 g/mol. The van der Waals surface area contributed by atoms with Crippen LogP contribution in [-0.2, 0) is 6.54 Å². The number of benzene rings is 1. The number of nitrogens with two attached hydrogens (primary N) is 1. The van der Waals surface area contributed by atoms with Gasteiger partial charge in [-0.05, 0) is 32.9 Å². The van der Waals surface area contributed by atoms with Crippen LogP contribution in [0.25, 0.3) is 10.9 Å². The third-order valence-corrected chi connectivity index (χ3v) is 3.76. The molecule has 0 spiro atoms. The fourth-order valence-electron chi connectivity index (χ4n) is 2.56. The van der Waals surface area contributed by atoms with Crippen LogP contribution in [0.4, 0.5) is 5.69 Å². The maximum atomic E-state index is 12.7. The zero-order valence-electron chi connectivity index (χ0n) is 12.7. The Morgan fingerprint density at radius 1 is 1.24 bits per heavy atom. The lowest BCUT2D eigenvalue weighted by Crippen LogP contribution is -2.34. The third kappa shape index (κ3) is 2.51. The molecule has 2 rings (SSSR count). The van der Waals surface area contributed by atoms with Crippen LogP contribution in [0.2, 0.25) is 0 Å². The standard InChI is InChI=1S/C16H21N3O2/c1-4-18(5-2)16(21)11-10-19(6-3)13-9-7-8-12(17)14(13)15(11)20/h7-10H,4-6,17H2,1-3H3. The van der Waals surface area contributed by atoms with Crippen molar-refractivity contribution in [2.24, 2.45) is 0 Å². The molecule has 0 aliphatic heterocycles. The van der Waals surface area contributed by atoms with Crippen molar-refractivity contribution in [3.63, 3.8) is 0 Å². The molecule has 1 aromatic carbocycles. The van der Waals surface area contributed by atoms with Crippen LogP contribution in [0.15, 0.2) is 29.2 Å². The van der Waals surface area contributed by atoms with Crippen LogP contribution >= 0.6 is 0 Å². The van der Waals surface area contributed by atoms with E-state index in [1.54, 1.807) is 17.2 Å². The Balaban J connectivity index is 2.77. The maximum Gasteiger partial charge on any atom is 0.259 e. The summed E-state index contributed by atoms with van der Waals surface area (Å²) >= 11 is 0. The molecule has 0 unspecified atom stereocenters. The molecule has 1 aromatic heterocycles. The van der Waals surface area contributed by atoms with Crippen molar-refractivity contribution in [3.8, 4) is 0 Å². The van der Waals surface area contributed by atoms with E-state index in [0.717, 1.165) is 5.52 Å². The second-order valence-electron chi connectivity index (χ2n) is 4.88. The number of anilines is 1. The average Bonchev–Trinajstić information content (AvgIpc) is 2.48. The Bertz CT molecular complexity index is 730. The molecular weight excluding hydrogens is 266 g/mol. The van der Waals surface area contributed by atoms with E-state index < -0.39 is 0 Å². The number of fused-ring (bicyclic) bond motifs is 1. The fourth-order valence-corrected chi connectivity index (χ4v) is 2.56. The van der Waals surface area contributed by atoms with Crippen LogP contribution in [0, 0.1) is 0 Å². The van der Waals surface area contributed by atoms with E-state index in [2.05, 4.69) is 0 Å². The second-order valence-corrected chi connectivity index (χ2v) is 4.88. The first-order chi connectivity index (χ1) is 10.0. The summed E-state index contributed by atoms with van der Waals surface area (Å²) in [6, 6.07) is 5.35. The van der Waals surface area contributed by atoms with E-state index in [4.69, 9.17) is 5.73 Å². The van der Waals surface area contributed by atoms with Gasteiger partial charge in [0.15, 0.2) is 0 Å². The minimum atomic E-state index is -0.287. The number of nitrogen functional groups attached to an aromatic ring is 1. The predicted molar refractivity (Wildman–Crippen MR) is 85.5 cm³/mol. The molecular formula is C16H21N3O2. The molecule has 5 heteroatoms. The van der Waals surface area contributed by atoms with Gasteiger partial charge in [-0.3, -0.25) is 9.59 Å². The van der Waals surface area contributed by atoms with Crippen LogP contribution in [-0.4, -0.2) is 28.5 Å². The number of hydrogen-bond acceptors (Lipinski definition) is 3. The topological polar surface area (TPSA) is 68.3 Å². The highest BCUT2D eigenvalue weighted by Crippen LogP contribution is 2.19. The second kappa shape index (κ2) is 5.99. The van der Waals surface area contributed by atoms with Gasteiger partial charge in [-0.15, -0.1) is 0 Å². The third-order valence-electron chi connectivity index (χ3n) is 3.76. The molecule has 0 bridgehead atoms. The Morgan fingerprint density at radius 3 is 2.48 bits per heavy atom. The number of nitrogens with zero attached hydrogens (tertiary/aromatic N) is 2. The SMILES string of the molecule is CCN(CC)C(=O)c1cn(CC)c2cccc(N)c2c1=O. The number of aromatic nitrogens is 1. The largest absolute Gasteiger partial charge is 0.398 e. The fraction of sp³-hybridized carbons (Fsp3) is 0.375. The van der Waals surface area contributed by atoms with Crippen molar-refractivity contribution in [3.05, 3.63) is 40.2 Å². The van der Waals surface area contributed by atoms with Gasteiger partial charge in [0.25, 0.3) is 5.91 Å². The maximum absolute atomic E-state index is 12.7. The van der Waals surface area contributed by atoms with Gasteiger partial charge in [0.1, 0.15) is 5.56 Å². The average molecular weight is 287 g/mol. The van der Waals surface area contributed by atoms with Gasteiger partial charge in [0.2, 0.25) is 5.43 Å². The summed E-state index contributed by atoms with van der Waals surface area (Å²) in [6.45, 7) is 7.58. The molecule has 5 nitrogen and oxygen atoms in total. The Labute approximate surface area is 124 Å². The first kappa shape index (κ1) is 15.1. The summed E-state index contributed by atoms with van der Waals surface area (Å²) in [6.07, 6.45) is 1.64. The van der Waals surface area contributed by atoms with E-state index in [9.17, 15) is 9.59 Å². The molecule has 21 heavy (non-hydrogen) atoms. The zero-order valence-corrected chi connectivity index (χ0v) is 12.7. The summed E-state index contributed by atoms with van der Waals surface area (Å²) in [4.78, 5) is 26.8. The summed E-state index contributed by atoms with van der Waals surface area (Å²) in [5.74, 6) is -0.239. The van der Waals surface area contributed by atoms with Gasteiger partial charge < -0.3 is 15.2 Å². The lowest BCUT2D eigenvalue weighted by atomic mass is 10.1. The van der Waals surface area contributed by atoms with Crippen molar-refractivity contribution in [2.45, 2.75) is 27.3 Å². The first-order valence-electron chi connectivity index (χ1n) is 7.26. The molecule has 0 fully saturated rings. The van der Waals surface area contributed by atoms with Crippen molar-refractivity contribution in [2.75, 3.05) is 18.8 Å². The van der Waals surface area contributed by atoms with E-state index in [1.807, 2.05) is 37.5 Å². The smallest absolute Gasteiger partial charge is 0.259 e. The van der Waals surface area contributed by atoms with E-state index in [-0.39, 0.29) is 16.9 Å². The summed E-state index contributed by atoms with van der Waals surface area (Å²) in [5, 5.41) is 0.428. The van der Waals surface area contributed by atoms with Gasteiger partial charge in [0, 0.05) is 31.5 Å². The Kier molecular flexibility index (Phi) is 4.31. The van der Waals surface area contributed by atoms with Crippen LogP contribution < -0.4 is 11.2 Å².